The van der Waals surface area contributed by atoms with E-state index in [4.69, 9.17) is 11.6 Å². The van der Waals surface area contributed by atoms with E-state index in [2.05, 4.69) is 10.6 Å². The predicted octanol–water partition coefficient (Wildman–Crippen LogP) is 3.01. The highest BCUT2D eigenvalue weighted by molar-refractivity contribution is 6.32. The highest BCUT2D eigenvalue weighted by Crippen LogP contribution is 2.32. The number of halogens is 4. The second-order valence-electron chi connectivity index (χ2n) is 5.42. The maximum atomic E-state index is 12.6. The third-order valence-corrected chi connectivity index (χ3v) is 3.75. The van der Waals surface area contributed by atoms with Crippen molar-refractivity contribution in [3.8, 4) is 0 Å². The largest absolute Gasteiger partial charge is 0.416 e. The molecule has 1 aliphatic rings. The Morgan fingerprint density at radius 2 is 1.88 bits per heavy atom. The molecule has 4 nitrogen and oxygen atoms in total. The van der Waals surface area contributed by atoms with E-state index in [0.29, 0.717) is 6.54 Å². The minimum Gasteiger partial charge on any atom is -0.354 e. The van der Waals surface area contributed by atoms with Crippen molar-refractivity contribution in [1.29, 1.82) is 0 Å². The Morgan fingerprint density at radius 3 is 2.50 bits per heavy atom. The van der Waals surface area contributed by atoms with E-state index in [-0.39, 0.29) is 29.0 Å². The zero-order chi connectivity index (χ0) is 17.7. The Bertz CT molecular complexity index is 655. The Labute approximate surface area is 142 Å². The normalized spacial score (nSPS) is 14.7. The average molecular weight is 361 g/mol. The van der Waals surface area contributed by atoms with Gasteiger partial charge in [0.25, 0.3) is 0 Å². The fourth-order valence-corrected chi connectivity index (χ4v) is 2.11. The van der Waals surface area contributed by atoms with Gasteiger partial charge in [-0.2, -0.15) is 13.2 Å². The van der Waals surface area contributed by atoms with E-state index in [1.54, 1.807) is 0 Å². The van der Waals surface area contributed by atoms with Crippen molar-refractivity contribution >= 4 is 29.5 Å². The van der Waals surface area contributed by atoms with Crippen molar-refractivity contribution in [2.75, 3.05) is 13.1 Å². The summed E-state index contributed by atoms with van der Waals surface area (Å²) in [5.41, 5.74) is -0.738. The molecule has 1 aromatic rings. The van der Waals surface area contributed by atoms with Gasteiger partial charge >= 0.3 is 6.18 Å². The molecule has 1 aromatic carbocycles. The molecule has 2 N–H and O–H groups in total. The number of rotatable bonds is 6. The van der Waals surface area contributed by atoms with Crippen LogP contribution in [-0.2, 0) is 15.8 Å². The lowest BCUT2D eigenvalue weighted by atomic mass is 10.1. The second-order valence-corrected chi connectivity index (χ2v) is 5.83. The Balaban J connectivity index is 1.83. The molecule has 130 valence electrons. The summed E-state index contributed by atoms with van der Waals surface area (Å²) >= 11 is 5.83. The number of nitrogens with one attached hydrogen (secondary N) is 2. The fraction of sp³-hybridized carbons (Fsp3) is 0.375. The van der Waals surface area contributed by atoms with Gasteiger partial charge in [-0.1, -0.05) is 11.6 Å². The molecule has 24 heavy (non-hydrogen) atoms. The molecule has 1 aliphatic carbocycles. The summed E-state index contributed by atoms with van der Waals surface area (Å²) in [4.78, 5) is 23.0. The van der Waals surface area contributed by atoms with Gasteiger partial charge in [-0.05, 0) is 42.7 Å². The van der Waals surface area contributed by atoms with Gasteiger partial charge in [0, 0.05) is 30.1 Å². The third kappa shape index (κ3) is 5.56. The van der Waals surface area contributed by atoms with Crippen LogP contribution in [0, 0.1) is 5.92 Å². The van der Waals surface area contributed by atoms with Gasteiger partial charge in [0.05, 0.1) is 5.56 Å². The van der Waals surface area contributed by atoms with Gasteiger partial charge in [-0.25, -0.2) is 0 Å². The molecule has 0 heterocycles. The van der Waals surface area contributed by atoms with E-state index in [1.165, 1.54) is 6.08 Å². The number of benzene rings is 1. The molecule has 0 saturated heterocycles. The van der Waals surface area contributed by atoms with Crippen molar-refractivity contribution in [3.63, 3.8) is 0 Å². The Morgan fingerprint density at radius 1 is 1.21 bits per heavy atom. The lowest BCUT2D eigenvalue weighted by Crippen LogP contribution is -2.34. The van der Waals surface area contributed by atoms with Crippen LogP contribution in [0.15, 0.2) is 24.3 Å². The van der Waals surface area contributed by atoms with E-state index < -0.39 is 17.6 Å². The smallest absolute Gasteiger partial charge is 0.354 e. The number of carbonyl (C=O) groups excluding carboxylic acids is 2. The molecule has 1 fully saturated rings. The molecule has 0 spiro atoms. The molecule has 0 unspecified atom stereocenters. The first kappa shape index (κ1) is 18.3. The monoisotopic (exact) mass is 360 g/mol. The quantitative estimate of drug-likeness (QED) is 0.605. The SMILES string of the molecule is O=C(/C=C/c1cc(C(F)(F)F)ccc1Cl)NCCNC(=O)C1CC1. The topological polar surface area (TPSA) is 58.2 Å². The van der Waals surface area contributed by atoms with E-state index in [1.807, 2.05) is 0 Å². The summed E-state index contributed by atoms with van der Waals surface area (Å²) in [5, 5.41) is 5.32. The zero-order valence-corrected chi connectivity index (χ0v) is 13.4. The van der Waals surface area contributed by atoms with Gasteiger partial charge in [0.15, 0.2) is 0 Å². The maximum Gasteiger partial charge on any atom is 0.416 e. The van der Waals surface area contributed by atoms with E-state index >= 15 is 0 Å². The van der Waals surface area contributed by atoms with Crippen LogP contribution < -0.4 is 10.6 Å². The van der Waals surface area contributed by atoms with Crippen LogP contribution in [0.3, 0.4) is 0 Å². The number of carbonyl (C=O) groups is 2. The van der Waals surface area contributed by atoms with Crippen LogP contribution in [0.4, 0.5) is 13.2 Å². The number of hydrogen-bond donors (Lipinski definition) is 2. The molecule has 0 aliphatic heterocycles. The van der Waals surface area contributed by atoms with Crippen LogP contribution >= 0.6 is 11.6 Å². The van der Waals surface area contributed by atoms with E-state index in [9.17, 15) is 22.8 Å². The first-order valence-electron chi connectivity index (χ1n) is 7.38. The van der Waals surface area contributed by atoms with Gasteiger partial charge in [-0.3, -0.25) is 9.59 Å². The molecule has 8 heteroatoms. The van der Waals surface area contributed by atoms with Crippen LogP contribution in [0.2, 0.25) is 5.02 Å². The van der Waals surface area contributed by atoms with Crippen molar-refractivity contribution in [2.45, 2.75) is 19.0 Å². The number of amides is 2. The zero-order valence-electron chi connectivity index (χ0n) is 12.6. The van der Waals surface area contributed by atoms with Gasteiger partial charge in [0.1, 0.15) is 0 Å². The van der Waals surface area contributed by atoms with Crippen LogP contribution in [-0.4, -0.2) is 24.9 Å². The summed E-state index contributed by atoms with van der Waals surface area (Å²) in [7, 11) is 0. The summed E-state index contributed by atoms with van der Waals surface area (Å²) < 4.78 is 37.9. The van der Waals surface area contributed by atoms with Crippen molar-refractivity contribution < 1.29 is 22.8 Å². The molecular weight excluding hydrogens is 345 g/mol. The van der Waals surface area contributed by atoms with Crippen molar-refractivity contribution in [2.24, 2.45) is 5.92 Å². The van der Waals surface area contributed by atoms with Crippen molar-refractivity contribution in [1.82, 2.24) is 10.6 Å². The minimum atomic E-state index is -4.48. The summed E-state index contributed by atoms with van der Waals surface area (Å²) in [6.45, 7) is 0.539. The molecule has 0 aromatic heterocycles. The fourth-order valence-electron chi connectivity index (χ4n) is 1.93. The highest BCUT2D eigenvalue weighted by Gasteiger charge is 2.30. The molecule has 0 atom stereocenters. The summed E-state index contributed by atoms with van der Waals surface area (Å²) in [6.07, 6.45) is -0.355. The van der Waals surface area contributed by atoms with Gasteiger partial charge in [-0.15, -0.1) is 0 Å². The van der Waals surface area contributed by atoms with Crippen LogP contribution in [0.1, 0.15) is 24.0 Å². The molecule has 2 rings (SSSR count). The first-order valence-corrected chi connectivity index (χ1v) is 7.75. The lowest BCUT2D eigenvalue weighted by molar-refractivity contribution is -0.137. The predicted molar refractivity (Wildman–Crippen MR) is 84.2 cm³/mol. The molecular formula is C16H16ClF3N2O2. The molecule has 0 radical (unpaired) electrons. The number of hydrogen-bond acceptors (Lipinski definition) is 2. The summed E-state index contributed by atoms with van der Waals surface area (Å²) in [5.74, 6) is -0.400. The minimum absolute atomic E-state index is 0.0180. The lowest BCUT2D eigenvalue weighted by Gasteiger charge is -2.08. The molecule has 1 saturated carbocycles. The van der Waals surface area contributed by atoms with Crippen molar-refractivity contribution in [3.05, 3.63) is 40.4 Å². The maximum absolute atomic E-state index is 12.6. The first-order chi connectivity index (χ1) is 11.3. The van der Waals surface area contributed by atoms with Gasteiger partial charge in [0.2, 0.25) is 11.8 Å². The molecule has 0 bridgehead atoms. The highest BCUT2D eigenvalue weighted by atomic mass is 35.5. The Hall–Kier alpha value is -2.02. The Kier molecular flexibility index (Phi) is 5.88. The van der Waals surface area contributed by atoms with Crippen LogP contribution in [0.5, 0.6) is 0 Å². The van der Waals surface area contributed by atoms with E-state index in [0.717, 1.165) is 37.1 Å². The summed E-state index contributed by atoms with van der Waals surface area (Å²) in [6, 6.07) is 2.89. The average Bonchev–Trinajstić information content (AvgIpc) is 3.34. The number of alkyl halides is 3. The third-order valence-electron chi connectivity index (χ3n) is 3.41. The molecule has 2 amide bonds. The standard InChI is InChI=1S/C16H16ClF3N2O2/c17-13-5-4-12(16(18,19)20)9-11(13)3-6-14(23)21-7-8-22-15(24)10-1-2-10/h3-6,9-10H,1-2,7-8H2,(H,21,23)(H,22,24)/b6-3+. The van der Waals surface area contributed by atoms with Crippen LogP contribution in [0.25, 0.3) is 6.08 Å². The van der Waals surface area contributed by atoms with Gasteiger partial charge < -0.3 is 10.6 Å². The second kappa shape index (κ2) is 7.70.